The number of amides is 1. The van der Waals surface area contributed by atoms with Gasteiger partial charge in [0.2, 0.25) is 5.91 Å². The molecule has 1 heterocycles. The third-order valence-electron chi connectivity index (χ3n) is 5.17. The van der Waals surface area contributed by atoms with Crippen LogP contribution in [0, 0.1) is 5.92 Å². The van der Waals surface area contributed by atoms with Gasteiger partial charge in [0.05, 0.1) is 13.7 Å². The van der Waals surface area contributed by atoms with Crippen LogP contribution in [-0.4, -0.2) is 43.7 Å². The lowest BCUT2D eigenvalue weighted by Crippen LogP contribution is -2.29. The number of carbonyl (C=O) groups excluding carboxylic acids is 1. The van der Waals surface area contributed by atoms with Gasteiger partial charge in [-0.1, -0.05) is 12.1 Å². The maximum atomic E-state index is 11.3. The van der Waals surface area contributed by atoms with Crippen molar-refractivity contribution in [3.8, 4) is 22.6 Å². The number of anilines is 1. The molecule has 1 aliphatic rings. The van der Waals surface area contributed by atoms with Crippen LogP contribution in [-0.2, 0) is 4.79 Å². The molecule has 0 aliphatic carbocycles. The second-order valence-electron chi connectivity index (χ2n) is 7.71. The van der Waals surface area contributed by atoms with Crippen LogP contribution in [0.2, 0.25) is 0 Å². The highest BCUT2D eigenvalue weighted by Crippen LogP contribution is 2.32. The largest absolute Gasteiger partial charge is 0.497 e. The number of nitrogens with one attached hydrogen (secondary N) is 1. The molecule has 3 rings (SSSR count). The minimum Gasteiger partial charge on any atom is -0.497 e. The normalized spacial score (nSPS) is 17.0. The second-order valence-corrected chi connectivity index (χ2v) is 7.71. The molecular weight excluding hydrogens is 352 g/mol. The minimum absolute atomic E-state index is 0.0844. The number of benzene rings is 2. The van der Waals surface area contributed by atoms with Gasteiger partial charge < -0.3 is 19.7 Å². The summed E-state index contributed by atoms with van der Waals surface area (Å²) in [6.45, 7) is 8.94. The van der Waals surface area contributed by atoms with Crippen LogP contribution in [0.5, 0.6) is 11.5 Å². The predicted octanol–water partition coefficient (Wildman–Crippen LogP) is 4.43. The van der Waals surface area contributed by atoms with E-state index in [-0.39, 0.29) is 5.91 Å². The summed E-state index contributed by atoms with van der Waals surface area (Å²) >= 11 is 0. The van der Waals surface area contributed by atoms with E-state index in [4.69, 9.17) is 9.47 Å². The first-order valence-corrected chi connectivity index (χ1v) is 9.88. The zero-order valence-electron chi connectivity index (χ0n) is 17.2. The van der Waals surface area contributed by atoms with Crippen LogP contribution in [0.1, 0.15) is 27.2 Å². The Morgan fingerprint density at radius 3 is 2.64 bits per heavy atom. The van der Waals surface area contributed by atoms with Crippen LogP contribution in [0.25, 0.3) is 11.1 Å². The first kappa shape index (κ1) is 20.2. The Labute approximate surface area is 167 Å². The lowest BCUT2D eigenvalue weighted by atomic mass is 10.0. The number of methoxy groups -OCH3 is 1. The summed E-state index contributed by atoms with van der Waals surface area (Å²) in [5, 5.41) is 2.83. The topological polar surface area (TPSA) is 50.8 Å². The van der Waals surface area contributed by atoms with E-state index in [0.29, 0.717) is 18.6 Å². The smallest absolute Gasteiger partial charge is 0.221 e. The maximum absolute atomic E-state index is 11.3. The number of ether oxygens (including phenoxy) is 2. The molecule has 0 saturated carbocycles. The van der Waals surface area contributed by atoms with Gasteiger partial charge in [0.25, 0.3) is 0 Å². The molecule has 1 saturated heterocycles. The van der Waals surface area contributed by atoms with Crippen LogP contribution >= 0.6 is 0 Å². The molecule has 0 spiro atoms. The van der Waals surface area contributed by atoms with Crippen molar-refractivity contribution in [3.05, 3.63) is 42.5 Å². The molecule has 0 radical (unpaired) electrons. The lowest BCUT2D eigenvalue weighted by molar-refractivity contribution is -0.114. The average Bonchev–Trinajstić information content (AvgIpc) is 3.15. The van der Waals surface area contributed by atoms with E-state index < -0.39 is 0 Å². The fraction of sp³-hybridized carbons (Fsp3) is 0.435. The van der Waals surface area contributed by atoms with Crippen LogP contribution in [0.15, 0.2) is 42.5 Å². The van der Waals surface area contributed by atoms with E-state index in [1.165, 1.54) is 13.3 Å². The summed E-state index contributed by atoms with van der Waals surface area (Å²) < 4.78 is 11.6. The molecule has 2 aromatic carbocycles. The Bertz CT molecular complexity index is 819. The van der Waals surface area contributed by atoms with Crippen molar-refractivity contribution in [1.82, 2.24) is 4.90 Å². The molecule has 0 bridgehead atoms. The molecule has 1 amide bonds. The van der Waals surface area contributed by atoms with E-state index in [0.717, 1.165) is 41.4 Å². The van der Waals surface area contributed by atoms with Crippen molar-refractivity contribution in [2.75, 3.05) is 32.1 Å². The second kappa shape index (κ2) is 9.11. The highest BCUT2D eigenvalue weighted by atomic mass is 16.5. The van der Waals surface area contributed by atoms with Gasteiger partial charge >= 0.3 is 0 Å². The third kappa shape index (κ3) is 5.26. The van der Waals surface area contributed by atoms with Gasteiger partial charge in [-0.05, 0) is 62.2 Å². The number of rotatable bonds is 7. The molecule has 5 heteroatoms. The van der Waals surface area contributed by atoms with Crippen molar-refractivity contribution in [2.24, 2.45) is 5.92 Å². The Hall–Kier alpha value is -2.53. The van der Waals surface area contributed by atoms with Crippen molar-refractivity contribution in [2.45, 2.75) is 33.2 Å². The fourth-order valence-electron chi connectivity index (χ4n) is 3.60. The van der Waals surface area contributed by atoms with Crippen LogP contribution < -0.4 is 14.8 Å². The molecule has 1 unspecified atom stereocenters. The molecule has 0 aromatic heterocycles. The van der Waals surface area contributed by atoms with Crippen LogP contribution in [0.4, 0.5) is 5.69 Å². The number of likely N-dealkylation sites (tertiary alicyclic amines) is 1. The van der Waals surface area contributed by atoms with Gasteiger partial charge in [-0.15, -0.1) is 0 Å². The molecule has 150 valence electrons. The average molecular weight is 383 g/mol. The van der Waals surface area contributed by atoms with Gasteiger partial charge in [-0.2, -0.15) is 0 Å². The minimum atomic E-state index is -0.0844. The Morgan fingerprint density at radius 1 is 1.18 bits per heavy atom. The standard InChI is InChI=1S/C23H30N2O3/c1-16(2)25-9-8-18(14-25)15-28-23-12-20(11-22(13-23)27-4)19-6-5-7-21(10-19)24-17(3)26/h5-7,10-13,16,18H,8-9,14-15H2,1-4H3,(H,24,26). The highest BCUT2D eigenvalue weighted by Gasteiger charge is 2.24. The summed E-state index contributed by atoms with van der Waals surface area (Å²) in [4.78, 5) is 13.8. The number of carbonyl (C=O) groups is 1. The van der Waals surface area contributed by atoms with E-state index in [9.17, 15) is 4.79 Å². The van der Waals surface area contributed by atoms with Gasteiger partial charge in [-0.3, -0.25) is 4.79 Å². The Kier molecular flexibility index (Phi) is 6.57. The van der Waals surface area contributed by atoms with Crippen molar-refractivity contribution in [1.29, 1.82) is 0 Å². The summed E-state index contributed by atoms with van der Waals surface area (Å²) in [6, 6.07) is 14.3. The molecule has 1 aliphatic heterocycles. The fourth-order valence-corrected chi connectivity index (χ4v) is 3.60. The zero-order chi connectivity index (χ0) is 20.1. The predicted molar refractivity (Wildman–Crippen MR) is 113 cm³/mol. The molecule has 28 heavy (non-hydrogen) atoms. The molecule has 1 atom stereocenters. The van der Waals surface area contributed by atoms with Crippen molar-refractivity contribution in [3.63, 3.8) is 0 Å². The van der Waals surface area contributed by atoms with Gasteiger partial charge in [0.1, 0.15) is 11.5 Å². The summed E-state index contributed by atoms with van der Waals surface area (Å²) in [5.74, 6) is 2.04. The van der Waals surface area contributed by atoms with Crippen molar-refractivity contribution >= 4 is 11.6 Å². The lowest BCUT2D eigenvalue weighted by Gasteiger charge is -2.20. The maximum Gasteiger partial charge on any atom is 0.221 e. The number of hydrogen-bond acceptors (Lipinski definition) is 4. The van der Waals surface area contributed by atoms with Gasteiger partial charge in [-0.25, -0.2) is 0 Å². The monoisotopic (exact) mass is 382 g/mol. The molecule has 5 nitrogen and oxygen atoms in total. The van der Waals surface area contributed by atoms with E-state index in [1.54, 1.807) is 7.11 Å². The number of nitrogens with zero attached hydrogens (tertiary/aromatic N) is 1. The Balaban J connectivity index is 1.74. The van der Waals surface area contributed by atoms with E-state index >= 15 is 0 Å². The van der Waals surface area contributed by atoms with E-state index in [1.807, 2.05) is 42.5 Å². The Morgan fingerprint density at radius 2 is 1.96 bits per heavy atom. The summed E-state index contributed by atoms with van der Waals surface area (Å²) in [7, 11) is 1.66. The molecule has 1 fully saturated rings. The summed E-state index contributed by atoms with van der Waals surface area (Å²) in [5.41, 5.74) is 2.77. The summed E-state index contributed by atoms with van der Waals surface area (Å²) in [6.07, 6.45) is 1.17. The zero-order valence-corrected chi connectivity index (χ0v) is 17.2. The quantitative estimate of drug-likeness (QED) is 0.770. The van der Waals surface area contributed by atoms with Crippen LogP contribution in [0.3, 0.4) is 0 Å². The first-order chi connectivity index (χ1) is 13.4. The SMILES string of the molecule is COc1cc(OCC2CCN(C(C)C)C2)cc(-c2cccc(NC(C)=O)c2)c1. The van der Waals surface area contributed by atoms with Gasteiger partial charge in [0.15, 0.2) is 0 Å². The van der Waals surface area contributed by atoms with E-state index in [2.05, 4.69) is 24.1 Å². The number of hydrogen-bond donors (Lipinski definition) is 1. The van der Waals surface area contributed by atoms with Gasteiger partial charge in [0, 0.05) is 37.2 Å². The third-order valence-corrected chi connectivity index (χ3v) is 5.17. The highest BCUT2D eigenvalue weighted by molar-refractivity contribution is 5.89. The molecule has 2 aromatic rings. The molecule has 1 N–H and O–H groups in total. The first-order valence-electron chi connectivity index (χ1n) is 9.88. The van der Waals surface area contributed by atoms with Crippen molar-refractivity contribution < 1.29 is 14.3 Å². The molecular formula is C23H30N2O3.